The predicted molar refractivity (Wildman–Crippen MR) is 127 cm³/mol. The summed E-state index contributed by atoms with van der Waals surface area (Å²) in [6, 6.07) is 18.7. The van der Waals surface area contributed by atoms with Gasteiger partial charge in [0.05, 0.1) is 11.4 Å². The minimum Gasteiger partial charge on any atom is -0.486 e. The number of amides is 1. The van der Waals surface area contributed by atoms with Crippen LogP contribution in [0.4, 0.5) is 5.69 Å². The summed E-state index contributed by atoms with van der Waals surface area (Å²) in [6.45, 7) is 1.02. The van der Waals surface area contributed by atoms with Gasteiger partial charge in [0.1, 0.15) is 24.5 Å². The number of thiophene rings is 1. The summed E-state index contributed by atoms with van der Waals surface area (Å²) in [7, 11) is 0. The van der Waals surface area contributed by atoms with Crippen LogP contribution in [-0.2, 0) is 16.1 Å². The topological polar surface area (TPSA) is 91.7 Å². The summed E-state index contributed by atoms with van der Waals surface area (Å²) in [4.78, 5) is 26.1. The van der Waals surface area contributed by atoms with Gasteiger partial charge in [-0.1, -0.05) is 36.4 Å². The van der Waals surface area contributed by atoms with E-state index in [0.717, 1.165) is 10.4 Å². The van der Waals surface area contributed by atoms with E-state index in [-0.39, 0.29) is 0 Å². The van der Waals surface area contributed by atoms with Crippen molar-refractivity contribution in [2.45, 2.75) is 6.54 Å². The molecule has 3 heterocycles. The number of fused-ring (bicyclic) bond motifs is 1. The Balaban J connectivity index is 1.26. The summed E-state index contributed by atoms with van der Waals surface area (Å²) < 4.78 is 18.0. The molecule has 2 aromatic carbocycles. The average molecular weight is 476 g/mol. The van der Waals surface area contributed by atoms with Crippen LogP contribution in [0.2, 0.25) is 0 Å². The molecule has 4 aromatic rings. The smallest absolute Gasteiger partial charge is 0.342 e. The molecule has 172 valence electrons. The SMILES string of the molecule is O=C(COC(=O)c1cn(Cc2ccccc2)nc1-c1cccs1)Nc1ccc2c(c1)OCCO2. The molecule has 1 amide bonds. The van der Waals surface area contributed by atoms with Crippen molar-refractivity contribution in [2.24, 2.45) is 0 Å². The van der Waals surface area contributed by atoms with Crippen LogP contribution in [0.25, 0.3) is 10.6 Å². The molecule has 0 bridgehead atoms. The second-order valence-electron chi connectivity index (χ2n) is 7.53. The predicted octanol–water partition coefficient (Wildman–Crippen LogP) is 4.23. The van der Waals surface area contributed by atoms with E-state index >= 15 is 0 Å². The van der Waals surface area contributed by atoms with Gasteiger partial charge in [0, 0.05) is 18.0 Å². The first kappa shape index (κ1) is 21.7. The molecule has 0 spiro atoms. The van der Waals surface area contributed by atoms with Gasteiger partial charge < -0.3 is 19.5 Å². The van der Waals surface area contributed by atoms with Crippen LogP contribution in [0.3, 0.4) is 0 Å². The maximum absolute atomic E-state index is 12.9. The molecule has 34 heavy (non-hydrogen) atoms. The molecule has 0 unspecified atom stereocenters. The molecule has 8 nitrogen and oxygen atoms in total. The van der Waals surface area contributed by atoms with Crippen molar-refractivity contribution < 1.29 is 23.8 Å². The maximum Gasteiger partial charge on any atom is 0.342 e. The fourth-order valence-corrected chi connectivity index (χ4v) is 4.27. The molecule has 0 radical (unpaired) electrons. The number of carbonyl (C=O) groups excluding carboxylic acids is 2. The van der Waals surface area contributed by atoms with Gasteiger partial charge in [-0.25, -0.2) is 4.79 Å². The Morgan fingerprint density at radius 1 is 1.03 bits per heavy atom. The zero-order valence-corrected chi connectivity index (χ0v) is 18.9. The summed E-state index contributed by atoms with van der Waals surface area (Å²) in [5.74, 6) is 0.121. The molecule has 0 aliphatic carbocycles. The minimum atomic E-state index is -0.611. The van der Waals surface area contributed by atoms with Crippen molar-refractivity contribution in [2.75, 3.05) is 25.1 Å². The number of aromatic nitrogens is 2. The number of ether oxygens (including phenoxy) is 3. The summed E-state index contributed by atoms with van der Waals surface area (Å²) >= 11 is 1.48. The lowest BCUT2D eigenvalue weighted by atomic mass is 10.2. The Morgan fingerprint density at radius 2 is 1.85 bits per heavy atom. The fourth-order valence-electron chi connectivity index (χ4n) is 3.54. The number of nitrogens with zero attached hydrogens (tertiary/aromatic N) is 2. The summed E-state index contributed by atoms with van der Waals surface area (Å²) in [6.07, 6.45) is 1.66. The molecular weight excluding hydrogens is 454 g/mol. The molecule has 9 heteroatoms. The normalized spacial score (nSPS) is 12.2. The van der Waals surface area contributed by atoms with E-state index in [2.05, 4.69) is 10.4 Å². The van der Waals surface area contributed by atoms with E-state index in [1.165, 1.54) is 11.3 Å². The van der Waals surface area contributed by atoms with Crippen molar-refractivity contribution in [3.05, 3.63) is 83.4 Å². The Labute approximate surface area is 199 Å². The van der Waals surface area contributed by atoms with Gasteiger partial charge in [-0.05, 0) is 29.1 Å². The highest BCUT2D eigenvalue weighted by molar-refractivity contribution is 7.13. The van der Waals surface area contributed by atoms with Crippen molar-refractivity contribution >= 4 is 28.9 Å². The van der Waals surface area contributed by atoms with Crippen molar-refractivity contribution in [1.82, 2.24) is 9.78 Å². The number of carbonyl (C=O) groups is 2. The van der Waals surface area contributed by atoms with Gasteiger partial charge in [0.15, 0.2) is 18.1 Å². The maximum atomic E-state index is 12.9. The summed E-state index contributed by atoms with van der Waals surface area (Å²) in [5.41, 5.74) is 2.43. The lowest BCUT2D eigenvalue weighted by molar-refractivity contribution is -0.119. The zero-order valence-electron chi connectivity index (χ0n) is 18.1. The van der Waals surface area contributed by atoms with E-state index in [4.69, 9.17) is 14.2 Å². The molecule has 5 rings (SSSR count). The number of hydrogen-bond donors (Lipinski definition) is 1. The molecule has 0 saturated carbocycles. The molecule has 1 aliphatic heterocycles. The quantitative estimate of drug-likeness (QED) is 0.402. The first-order valence-electron chi connectivity index (χ1n) is 10.7. The number of hydrogen-bond acceptors (Lipinski definition) is 7. The highest BCUT2D eigenvalue weighted by Crippen LogP contribution is 2.32. The number of nitrogens with one attached hydrogen (secondary N) is 1. The molecule has 1 aliphatic rings. The van der Waals surface area contributed by atoms with E-state index in [1.807, 2.05) is 47.8 Å². The number of anilines is 1. The van der Waals surface area contributed by atoms with Crippen LogP contribution in [0.15, 0.2) is 72.2 Å². The van der Waals surface area contributed by atoms with Crippen LogP contribution in [0.1, 0.15) is 15.9 Å². The van der Waals surface area contributed by atoms with Crippen molar-refractivity contribution in [1.29, 1.82) is 0 Å². The van der Waals surface area contributed by atoms with Gasteiger partial charge in [-0.15, -0.1) is 11.3 Å². The third-order valence-corrected chi connectivity index (χ3v) is 5.96. The van der Waals surface area contributed by atoms with Crippen LogP contribution in [0, 0.1) is 0 Å². The van der Waals surface area contributed by atoms with Crippen LogP contribution in [-0.4, -0.2) is 41.5 Å². The highest BCUT2D eigenvalue weighted by atomic mass is 32.1. The fraction of sp³-hybridized carbons (Fsp3) is 0.160. The number of rotatable bonds is 7. The van der Waals surface area contributed by atoms with E-state index < -0.39 is 18.5 Å². The third kappa shape index (κ3) is 4.94. The van der Waals surface area contributed by atoms with Crippen LogP contribution < -0.4 is 14.8 Å². The molecule has 0 atom stereocenters. The lowest BCUT2D eigenvalue weighted by Crippen LogP contribution is -2.21. The second kappa shape index (κ2) is 9.80. The highest BCUT2D eigenvalue weighted by Gasteiger charge is 2.21. The summed E-state index contributed by atoms with van der Waals surface area (Å²) in [5, 5.41) is 9.23. The molecular formula is C25H21N3O5S. The van der Waals surface area contributed by atoms with Crippen molar-refractivity contribution in [3.63, 3.8) is 0 Å². The zero-order chi connectivity index (χ0) is 23.3. The standard InChI is InChI=1S/C25H21N3O5S/c29-23(26-18-8-9-20-21(13-18)32-11-10-31-20)16-33-25(30)19-15-28(14-17-5-2-1-3-6-17)27-24(19)22-7-4-12-34-22/h1-9,12-13,15H,10-11,14,16H2,(H,26,29). The molecule has 0 fully saturated rings. The molecule has 0 saturated heterocycles. The van der Waals surface area contributed by atoms with Crippen molar-refractivity contribution in [3.8, 4) is 22.1 Å². The van der Waals surface area contributed by atoms with Gasteiger partial charge in [-0.3, -0.25) is 9.48 Å². The van der Waals surface area contributed by atoms with Gasteiger partial charge in [-0.2, -0.15) is 5.10 Å². The molecule has 1 N–H and O–H groups in total. The third-order valence-electron chi connectivity index (χ3n) is 5.08. The Bertz CT molecular complexity index is 1300. The Hall–Kier alpha value is -4.11. The van der Waals surface area contributed by atoms with Gasteiger partial charge >= 0.3 is 5.97 Å². The van der Waals surface area contributed by atoms with Crippen LogP contribution >= 0.6 is 11.3 Å². The minimum absolute atomic E-state index is 0.311. The first-order chi connectivity index (χ1) is 16.7. The number of esters is 1. The average Bonchev–Trinajstić information content (AvgIpc) is 3.53. The van der Waals surface area contributed by atoms with E-state index in [1.54, 1.807) is 29.1 Å². The Kier molecular flexibility index (Phi) is 6.26. The Morgan fingerprint density at radius 3 is 2.65 bits per heavy atom. The van der Waals surface area contributed by atoms with E-state index in [9.17, 15) is 9.59 Å². The van der Waals surface area contributed by atoms with Gasteiger partial charge in [0.2, 0.25) is 0 Å². The monoisotopic (exact) mass is 475 g/mol. The van der Waals surface area contributed by atoms with Gasteiger partial charge in [0.25, 0.3) is 5.91 Å². The first-order valence-corrected chi connectivity index (χ1v) is 11.6. The molecule has 2 aromatic heterocycles. The largest absolute Gasteiger partial charge is 0.486 e. The van der Waals surface area contributed by atoms with Crippen LogP contribution in [0.5, 0.6) is 11.5 Å². The lowest BCUT2D eigenvalue weighted by Gasteiger charge is -2.19. The van der Waals surface area contributed by atoms with E-state index in [0.29, 0.717) is 48.2 Å². The second-order valence-corrected chi connectivity index (χ2v) is 8.48. The number of benzene rings is 2.